The van der Waals surface area contributed by atoms with Crippen LogP contribution in [0.3, 0.4) is 0 Å². The van der Waals surface area contributed by atoms with Gasteiger partial charge in [-0.05, 0) is 37.9 Å². The van der Waals surface area contributed by atoms with Gasteiger partial charge in [-0.15, -0.1) is 11.3 Å². The highest BCUT2D eigenvalue weighted by Gasteiger charge is 2.12. The van der Waals surface area contributed by atoms with Gasteiger partial charge in [0.15, 0.2) is 0 Å². The maximum Gasteiger partial charge on any atom is 0.0331 e. The van der Waals surface area contributed by atoms with Gasteiger partial charge in [-0.2, -0.15) is 0 Å². The van der Waals surface area contributed by atoms with Crippen LogP contribution in [0.15, 0.2) is 17.5 Å². The Hall–Kier alpha value is -0.380. The van der Waals surface area contributed by atoms with Crippen LogP contribution in [0.5, 0.6) is 0 Å². The average Bonchev–Trinajstić information content (AvgIpc) is 2.84. The maximum atomic E-state index is 3.54. The number of unbranched alkanes of at least 4 members (excludes halogenated alkanes) is 1. The largest absolute Gasteiger partial charge is 0.315 e. The predicted molar refractivity (Wildman–Crippen MR) is 77.6 cm³/mol. The number of hydrogen-bond acceptors (Lipinski definition) is 3. The van der Waals surface area contributed by atoms with E-state index >= 15 is 0 Å². The number of rotatable bonds is 9. The van der Waals surface area contributed by atoms with Gasteiger partial charge in [-0.1, -0.05) is 26.3 Å². The van der Waals surface area contributed by atoms with Gasteiger partial charge >= 0.3 is 0 Å². The Bertz CT molecular complexity index is 272. The van der Waals surface area contributed by atoms with Crippen molar-refractivity contribution in [1.82, 2.24) is 10.2 Å². The van der Waals surface area contributed by atoms with Gasteiger partial charge in [0.2, 0.25) is 0 Å². The van der Waals surface area contributed by atoms with E-state index < -0.39 is 0 Å². The van der Waals surface area contributed by atoms with E-state index in [0.29, 0.717) is 6.04 Å². The molecular weight excluding hydrogens is 228 g/mol. The molecule has 0 aliphatic carbocycles. The molecule has 0 saturated heterocycles. The van der Waals surface area contributed by atoms with Crippen molar-refractivity contribution in [3.63, 3.8) is 0 Å². The SMILES string of the molecule is CCCCNCC(C)N(CC)Cc1cccs1. The minimum absolute atomic E-state index is 0.610. The molecule has 0 saturated carbocycles. The van der Waals surface area contributed by atoms with E-state index in [1.807, 2.05) is 11.3 Å². The second-order valence-corrected chi connectivity index (χ2v) is 5.58. The number of likely N-dealkylation sites (N-methyl/N-ethyl adjacent to an activating group) is 1. The van der Waals surface area contributed by atoms with E-state index in [0.717, 1.165) is 26.2 Å². The third-order valence-corrected chi connectivity index (χ3v) is 3.98. The van der Waals surface area contributed by atoms with Crippen molar-refractivity contribution in [2.45, 2.75) is 46.2 Å². The minimum Gasteiger partial charge on any atom is -0.315 e. The Morgan fingerprint density at radius 1 is 1.41 bits per heavy atom. The molecule has 17 heavy (non-hydrogen) atoms. The summed E-state index contributed by atoms with van der Waals surface area (Å²) in [6.07, 6.45) is 2.55. The molecule has 1 N–H and O–H groups in total. The Morgan fingerprint density at radius 3 is 2.82 bits per heavy atom. The number of hydrogen-bond donors (Lipinski definition) is 1. The molecule has 0 spiro atoms. The van der Waals surface area contributed by atoms with Crippen molar-refractivity contribution in [1.29, 1.82) is 0 Å². The highest BCUT2D eigenvalue weighted by atomic mass is 32.1. The van der Waals surface area contributed by atoms with Crippen molar-refractivity contribution >= 4 is 11.3 Å². The van der Waals surface area contributed by atoms with Crippen molar-refractivity contribution in [3.05, 3.63) is 22.4 Å². The molecule has 0 aromatic carbocycles. The first-order chi connectivity index (χ1) is 8.27. The Morgan fingerprint density at radius 2 is 2.24 bits per heavy atom. The summed E-state index contributed by atoms with van der Waals surface area (Å²) < 4.78 is 0. The summed E-state index contributed by atoms with van der Waals surface area (Å²) in [5, 5.41) is 5.70. The van der Waals surface area contributed by atoms with Crippen molar-refractivity contribution in [2.75, 3.05) is 19.6 Å². The predicted octanol–water partition coefficient (Wildman–Crippen LogP) is 3.35. The summed E-state index contributed by atoms with van der Waals surface area (Å²) in [7, 11) is 0. The molecular formula is C14H26N2S. The monoisotopic (exact) mass is 254 g/mol. The molecule has 3 heteroatoms. The van der Waals surface area contributed by atoms with E-state index in [4.69, 9.17) is 0 Å². The lowest BCUT2D eigenvalue weighted by molar-refractivity contribution is 0.208. The Kier molecular flexibility index (Phi) is 7.49. The second-order valence-electron chi connectivity index (χ2n) is 4.55. The summed E-state index contributed by atoms with van der Waals surface area (Å²) in [5.74, 6) is 0. The fraction of sp³-hybridized carbons (Fsp3) is 0.714. The summed E-state index contributed by atoms with van der Waals surface area (Å²) >= 11 is 1.85. The Labute approximate surface area is 110 Å². The summed E-state index contributed by atoms with van der Waals surface area (Å²) in [6.45, 7) is 11.3. The average molecular weight is 254 g/mol. The van der Waals surface area contributed by atoms with E-state index in [9.17, 15) is 0 Å². The zero-order valence-corrected chi connectivity index (χ0v) is 12.2. The molecule has 0 radical (unpaired) electrons. The highest BCUT2D eigenvalue weighted by Crippen LogP contribution is 2.13. The number of nitrogens with one attached hydrogen (secondary N) is 1. The van der Waals surface area contributed by atoms with Gasteiger partial charge < -0.3 is 5.32 Å². The quantitative estimate of drug-likeness (QED) is 0.680. The van der Waals surface area contributed by atoms with Gasteiger partial charge in [-0.25, -0.2) is 0 Å². The molecule has 0 aliphatic heterocycles. The van der Waals surface area contributed by atoms with Gasteiger partial charge in [0.05, 0.1) is 0 Å². The molecule has 0 bridgehead atoms. The first-order valence-electron chi connectivity index (χ1n) is 6.75. The third-order valence-electron chi connectivity index (χ3n) is 3.12. The van der Waals surface area contributed by atoms with Gasteiger partial charge in [0.25, 0.3) is 0 Å². The zero-order chi connectivity index (χ0) is 12.5. The van der Waals surface area contributed by atoms with Gasteiger partial charge in [0, 0.05) is 24.0 Å². The molecule has 2 nitrogen and oxygen atoms in total. The Balaban J connectivity index is 2.28. The zero-order valence-electron chi connectivity index (χ0n) is 11.4. The van der Waals surface area contributed by atoms with E-state index in [2.05, 4.69) is 48.5 Å². The number of thiophene rings is 1. The first kappa shape index (κ1) is 14.7. The summed E-state index contributed by atoms with van der Waals surface area (Å²) in [5.41, 5.74) is 0. The molecule has 0 fully saturated rings. The van der Waals surface area contributed by atoms with Crippen LogP contribution in [0.2, 0.25) is 0 Å². The molecule has 0 aliphatic rings. The highest BCUT2D eigenvalue weighted by molar-refractivity contribution is 7.09. The molecule has 1 heterocycles. The fourth-order valence-electron chi connectivity index (χ4n) is 1.92. The van der Waals surface area contributed by atoms with Crippen molar-refractivity contribution in [2.24, 2.45) is 0 Å². The van der Waals surface area contributed by atoms with Gasteiger partial charge in [-0.3, -0.25) is 4.90 Å². The lowest BCUT2D eigenvalue weighted by atomic mass is 10.2. The molecule has 98 valence electrons. The lowest BCUT2D eigenvalue weighted by Crippen LogP contribution is -2.40. The first-order valence-corrected chi connectivity index (χ1v) is 7.63. The van der Waals surface area contributed by atoms with Crippen LogP contribution in [0.4, 0.5) is 0 Å². The smallest absolute Gasteiger partial charge is 0.0331 e. The van der Waals surface area contributed by atoms with Crippen LogP contribution < -0.4 is 5.32 Å². The summed E-state index contributed by atoms with van der Waals surface area (Å²) in [6, 6.07) is 4.97. The molecule has 1 aromatic rings. The number of nitrogens with zero attached hydrogens (tertiary/aromatic N) is 1. The van der Waals surface area contributed by atoms with Crippen LogP contribution >= 0.6 is 11.3 Å². The van der Waals surface area contributed by atoms with E-state index in [-0.39, 0.29) is 0 Å². The van der Waals surface area contributed by atoms with Crippen LogP contribution in [0.1, 0.15) is 38.5 Å². The van der Waals surface area contributed by atoms with E-state index in [1.54, 1.807) is 0 Å². The molecule has 0 amide bonds. The topological polar surface area (TPSA) is 15.3 Å². The molecule has 1 atom stereocenters. The van der Waals surface area contributed by atoms with Crippen molar-refractivity contribution in [3.8, 4) is 0 Å². The van der Waals surface area contributed by atoms with Crippen LogP contribution in [0, 0.1) is 0 Å². The van der Waals surface area contributed by atoms with E-state index in [1.165, 1.54) is 17.7 Å². The second kappa shape index (κ2) is 8.67. The standard InChI is InChI=1S/C14H26N2S/c1-4-6-9-15-11-13(3)16(5-2)12-14-8-7-10-17-14/h7-8,10,13,15H,4-6,9,11-12H2,1-3H3. The van der Waals surface area contributed by atoms with Crippen LogP contribution in [-0.2, 0) is 6.54 Å². The molecule has 1 rings (SSSR count). The molecule has 1 aromatic heterocycles. The van der Waals surface area contributed by atoms with Crippen LogP contribution in [-0.4, -0.2) is 30.6 Å². The normalized spacial score (nSPS) is 13.2. The third kappa shape index (κ3) is 5.66. The maximum absolute atomic E-state index is 3.54. The molecule has 1 unspecified atom stereocenters. The van der Waals surface area contributed by atoms with Crippen LogP contribution in [0.25, 0.3) is 0 Å². The fourth-order valence-corrected chi connectivity index (χ4v) is 2.65. The lowest BCUT2D eigenvalue weighted by Gasteiger charge is -2.27. The van der Waals surface area contributed by atoms with Crippen molar-refractivity contribution < 1.29 is 0 Å². The minimum atomic E-state index is 0.610. The summed E-state index contributed by atoms with van der Waals surface area (Å²) in [4.78, 5) is 4.00. The van der Waals surface area contributed by atoms with Gasteiger partial charge in [0.1, 0.15) is 0 Å².